The lowest BCUT2D eigenvalue weighted by Gasteiger charge is -2.12. The summed E-state index contributed by atoms with van der Waals surface area (Å²) < 4.78 is 4.62. The first kappa shape index (κ1) is 28.1. The molecule has 0 radical (unpaired) electrons. The minimum Gasteiger partial charge on any atom is -0.317 e. The maximum Gasteiger partial charge on any atom is 0.160 e. The number of fused-ring (bicyclic) bond motifs is 7. The van der Waals surface area contributed by atoms with Gasteiger partial charge in [-0.15, -0.1) is 0 Å². The third kappa shape index (κ3) is 4.50. The molecule has 0 unspecified atom stereocenters. The van der Waals surface area contributed by atoms with Gasteiger partial charge in [0.05, 0.1) is 39.3 Å². The van der Waals surface area contributed by atoms with E-state index < -0.39 is 0 Å². The average Bonchev–Trinajstić information content (AvgIpc) is 3.79. The molecule has 5 heterocycles. The van der Waals surface area contributed by atoms with E-state index in [1.54, 1.807) is 12.4 Å². The topological polar surface area (TPSA) is 61.4 Å². The monoisotopic (exact) mass is 640 g/mol. The number of benzene rings is 5. The molecule has 0 saturated carbocycles. The zero-order valence-electron chi connectivity index (χ0n) is 26.8. The second-order valence-electron chi connectivity index (χ2n) is 12.4. The molecule has 0 saturated heterocycles. The molecule has 5 aromatic carbocycles. The van der Waals surface area contributed by atoms with Gasteiger partial charge in [0, 0.05) is 51.7 Å². The van der Waals surface area contributed by atoms with Gasteiger partial charge < -0.3 is 9.13 Å². The molecule has 0 N–H and O–H groups in total. The molecule has 0 atom stereocenters. The highest BCUT2D eigenvalue weighted by Gasteiger charge is 2.18. The van der Waals surface area contributed by atoms with Gasteiger partial charge in [0.2, 0.25) is 0 Å². The van der Waals surface area contributed by atoms with Crippen molar-refractivity contribution >= 4 is 43.5 Å². The highest BCUT2D eigenvalue weighted by molar-refractivity contribution is 6.25. The van der Waals surface area contributed by atoms with E-state index >= 15 is 0 Å². The van der Waals surface area contributed by atoms with Crippen LogP contribution in [0.25, 0.3) is 89.0 Å². The Morgan fingerprint density at radius 2 is 1.08 bits per heavy atom. The number of aromatic nitrogens is 6. The molecule has 5 aromatic heterocycles. The van der Waals surface area contributed by atoms with E-state index in [1.807, 2.05) is 42.5 Å². The standard InChI is InChI=1S/C44H28N6/c1-2-12-30(13-3-1)49-26-23-33-32-19-22-42-43(34(32)20-21-40(33)49)35-15-4-5-18-41(35)50(42)31-14-10-11-29(27-31)44-47-38(36-16-6-8-24-45-36)28-39(48-44)37-17-7-9-25-46-37/h1-28H. The molecule has 10 rings (SSSR count). The van der Waals surface area contributed by atoms with Crippen molar-refractivity contribution in [2.45, 2.75) is 0 Å². The number of rotatable bonds is 5. The largest absolute Gasteiger partial charge is 0.317 e. The van der Waals surface area contributed by atoms with Crippen molar-refractivity contribution in [3.05, 3.63) is 170 Å². The molecule has 6 nitrogen and oxygen atoms in total. The van der Waals surface area contributed by atoms with Crippen molar-refractivity contribution in [3.63, 3.8) is 0 Å². The zero-order valence-corrected chi connectivity index (χ0v) is 26.8. The molecule has 0 bridgehead atoms. The second-order valence-corrected chi connectivity index (χ2v) is 12.4. The van der Waals surface area contributed by atoms with Crippen LogP contribution in [-0.4, -0.2) is 29.1 Å². The van der Waals surface area contributed by atoms with Gasteiger partial charge in [-0.05, 0) is 89.6 Å². The Bertz CT molecular complexity index is 2800. The zero-order chi connectivity index (χ0) is 33.0. The van der Waals surface area contributed by atoms with Gasteiger partial charge in [-0.25, -0.2) is 9.97 Å². The van der Waals surface area contributed by atoms with Crippen LogP contribution in [0, 0.1) is 0 Å². The van der Waals surface area contributed by atoms with E-state index in [2.05, 4.69) is 134 Å². The third-order valence-electron chi connectivity index (χ3n) is 9.48. The first-order valence-corrected chi connectivity index (χ1v) is 16.6. The Hall–Kier alpha value is -6.92. The summed E-state index contributed by atoms with van der Waals surface area (Å²) in [6.07, 6.45) is 5.74. The van der Waals surface area contributed by atoms with Gasteiger partial charge in [0.15, 0.2) is 5.82 Å². The van der Waals surface area contributed by atoms with E-state index in [9.17, 15) is 0 Å². The molecule has 0 aliphatic heterocycles. The lowest BCUT2D eigenvalue weighted by atomic mass is 10.0. The summed E-state index contributed by atoms with van der Waals surface area (Å²) in [6, 6.07) is 52.6. The van der Waals surface area contributed by atoms with Gasteiger partial charge >= 0.3 is 0 Å². The molecule has 0 fully saturated rings. The molecular formula is C44H28N6. The predicted octanol–water partition coefficient (Wildman–Crippen LogP) is 10.5. The number of nitrogens with zero attached hydrogens (tertiary/aromatic N) is 6. The molecule has 50 heavy (non-hydrogen) atoms. The smallest absolute Gasteiger partial charge is 0.160 e. The van der Waals surface area contributed by atoms with Crippen molar-refractivity contribution in [1.29, 1.82) is 0 Å². The molecular weight excluding hydrogens is 613 g/mol. The maximum absolute atomic E-state index is 5.03. The van der Waals surface area contributed by atoms with Crippen molar-refractivity contribution in [1.82, 2.24) is 29.1 Å². The molecule has 6 heteroatoms. The molecule has 10 aromatic rings. The van der Waals surface area contributed by atoms with E-state index in [-0.39, 0.29) is 0 Å². The van der Waals surface area contributed by atoms with Crippen LogP contribution in [0.2, 0.25) is 0 Å². The maximum atomic E-state index is 5.03. The van der Waals surface area contributed by atoms with Crippen LogP contribution in [-0.2, 0) is 0 Å². The first-order chi connectivity index (χ1) is 24.8. The fraction of sp³-hybridized carbons (Fsp3) is 0. The highest BCUT2D eigenvalue weighted by atomic mass is 15.0. The molecule has 0 spiro atoms. The van der Waals surface area contributed by atoms with Gasteiger partial charge in [0.1, 0.15) is 0 Å². The highest BCUT2D eigenvalue weighted by Crippen LogP contribution is 2.40. The predicted molar refractivity (Wildman–Crippen MR) is 203 cm³/mol. The fourth-order valence-electron chi connectivity index (χ4n) is 7.24. The Balaban J connectivity index is 1.17. The average molecular weight is 641 g/mol. The van der Waals surface area contributed by atoms with Gasteiger partial charge in [0.25, 0.3) is 0 Å². The normalized spacial score (nSPS) is 11.6. The SMILES string of the molecule is c1ccc(-n2ccc3c4ccc5c(c4ccc32)c2ccccc2n5-c2cccc(-c3nc(-c4ccccn4)cc(-c4ccccn4)n3)c2)cc1. The van der Waals surface area contributed by atoms with E-state index in [1.165, 1.54) is 32.4 Å². The van der Waals surface area contributed by atoms with Gasteiger partial charge in [-0.3, -0.25) is 9.97 Å². The Morgan fingerprint density at radius 1 is 0.400 bits per heavy atom. The summed E-state index contributed by atoms with van der Waals surface area (Å²) in [4.78, 5) is 19.2. The van der Waals surface area contributed by atoms with Crippen LogP contribution in [0.15, 0.2) is 170 Å². The lowest BCUT2D eigenvalue weighted by molar-refractivity contribution is 1.13. The summed E-state index contributed by atoms with van der Waals surface area (Å²) in [5.41, 5.74) is 9.65. The van der Waals surface area contributed by atoms with Crippen LogP contribution in [0.4, 0.5) is 0 Å². The van der Waals surface area contributed by atoms with Crippen LogP contribution < -0.4 is 0 Å². The summed E-state index contributed by atoms with van der Waals surface area (Å²) in [5, 5.41) is 6.16. The Kier molecular flexibility index (Phi) is 6.39. The summed E-state index contributed by atoms with van der Waals surface area (Å²) in [7, 11) is 0. The van der Waals surface area contributed by atoms with Crippen LogP contribution in [0.3, 0.4) is 0 Å². The van der Waals surface area contributed by atoms with Gasteiger partial charge in [-0.1, -0.05) is 72.8 Å². The van der Waals surface area contributed by atoms with Gasteiger partial charge in [-0.2, -0.15) is 0 Å². The van der Waals surface area contributed by atoms with Crippen LogP contribution in [0.5, 0.6) is 0 Å². The Morgan fingerprint density at radius 3 is 1.84 bits per heavy atom. The van der Waals surface area contributed by atoms with Crippen molar-refractivity contribution in [2.75, 3.05) is 0 Å². The van der Waals surface area contributed by atoms with Crippen molar-refractivity contribution < 1.29 is 0 Å². The number of hydrogen-bond acceptors (Lipinski definition) is 4. The first-order valence-electron chi connectivity index (χ1n) is 16.6. The van der Waals surface area contributed by atoms with E-state index in [4.69, 9.17) is 9.97 Å². The van der Waals surface area contributed by atoms with Crippen molar-refractivity contribution in [2.24, 2.45) is 0 Å². The van der Waals surface area contributed by atoms with Crippen LogP contribution >= 0.6 is 0 Å². The Labute approximate surface area is 287 Å². The number of para-hydroxylation sites is 2. The quantitative estimate of drug-likeness (QED) is 0.188. The number of pyridine rings is 2. The van der Waals surface area contributed by atoms with E-state index in [0.717, 1.165) is 50.7 Å². The molecule has 0 aliphatic carbocycles. The summed E-state index contributed by atoms with van der Waals surface area (Å²) in [6.45, 7) is 0. The van der Waals surface area contributed by atoms with E-state index in [0.29, 0.717) is 5.82 Å². The summed E-state index contributed by atoms with van der Waals surface area (Å²) >= 11 is 0. The lowest BCUT2D eigenvalue weighted by Crippen LogP contribution is -1.99. The number of hydrogen-bond donors (Lipinski definition) is 0. The third-order valence-corrected chi connectivity index (χ3v) is 9.48. The molecule has 0 aliphatic rings. The van der Waals surface area contributed by atoms with Crippen molar-refractivity contribution in [3.8, 4) is 45.5 Å². The fourth-order valence-corrected chi connectivity index (χ4v) is 7.24. The summed E-state index contributed by atoms with van der Waals surface area (Å²) in [5.74, 6) is 0.618. The minimum atomic E-state index is 0.618. The second kappa shape index (κ2) is 11.4. The molecule has 0 amide bonds. The molecule has 234 valence electrons. The minimum absolute atomic E-state index is 0.618. The van der Waals surface area contributed by atoms with Crippen LogP contribution in [0.1, 0.15) is 0 Å².